The summed E-state index contributed by atoms with van der Waals surface area (Å²) in [4.78, 5) is 0. The van der Waals surface area contributed by atoms with E-state index in [0.717, 1.165) is 6.42 Å². The van der Waals surface area contributed by atoms with E-state index in [1.54, 1.807) is 0 Å². The summed E-state index contributed by atoms with van der Waals surface area (Å²) in [6, 6.07) is 0. The number of hydrogen-bond acceptors (Lipinski definition) is 2. The largest absolute Gasteiger partial charge is 0.415 e. The van der Waals surface area contributed by atoms with Crippen LogP contribution in [0.1, 0.15) is 34.1 Å². The first kappa shape index (κ1) is 11.1. The van der Waals surface area contributed by atoms with E-state index < -0.39 is 14.3 Å². The van der Waals surface area contributed by atoms with Gasteiger partial charge in [-0.2, -0.15) is 0 Å². The molecule has 0 saturated heterocycles. The highest BCUT2D eigenvalue weighted by molar-refractivity contribution is 6.53. The summed E-state index contributed by atoms with van der Waals surface area (Å²) in [5.41, 5.74) is 0. The van der Waals surface area contributed by atoms with Gasteiger partial charge < -0.3 is 9.53 Å². The number of rotatable bonds is 4. The fourth-order valence-corrected chi connectivity index (χ4v) is 2.53. The second kappa shape index (κ2) is 4.23. The van der Waals surface area contributed by atoms with Gasteiger partial charge >= 0.3 is 0 Å². The summed E-state index contributed by atoms with van der Waals surface area (Å²) in [6.07, 6.45) is 1.03. The molecule has 0 aliphatic rings. The zero-order valence-electron chi connectivity index (χ0n) is 8.22. The lowest BCUT2D eigenvalue weighted by Crippen LogP contribution is -2.44. The highest BCUT2D eigenvalue weighted by atomic mass is 28.3. The van der Waals surface area contributed by atoms with Crippen molar-refractivity contribution in [1.82, 2.24) is 0 Å². The molecular weight excluding hydrogens is 156 g/mol. The molecule has 0 aliphatic heterocycles. The van der Waals surface area contributed by atoms with Crippen LogP contribution in [0.3, 0.4) is 0 Å². The van der Waals surface area contributed by atoms with E-state index >= 15 is 0 Å². The lowest BCUT2D eigenvalue weighted by molar-refractivity contribution is 0.0983. The third-order valence-electron chi connectivity index (χ3n) is 2.07. The monoisotopic (exact) mass is 176 g/mol. The first-order chi connectivity index (χ1) is 4.90. The minimum absolute atomic E-state index is 0.245. The van der Waals surface area contributed by atoms with Crippen molar-refractivity contribution in [1.29, 1.82) is 0 Å². The molecule has 68 valence electrons. The lowest BCUT2D eigenvalue weighted by atomic mass is 10.3. The zero-order chi connectivity index (χ0) is 9.07. The van der Waals surface area contributed by atoms with Gasteiger partial charge in [-0.15, -0.1) is 0 Å². The quantitative estimate of drug-likeness (QED) is 0.657. The molecule has 11 heavy (non-hydrogen) atoms. The molecule has 0 radical (unpaired) electrons. The molecular formula is C8H20O2Si. The van der Waals surface area contributed by atoms with Crippen molar-refractivity contribution in [3.05, 3.63) is 0 Å². The minimum Gasteiger partial charge on any atom is -0.415 e. The summed E-state index contributed by atoms with van der Waals surface area (Å²) in [5, 5.41) is 9.23. The maximum absolute atomic E-state index is 9.78. The van der Waals surface area contributed by atoms with Gasteiger partial charge in [-0.3, -0.25) is 0 Å². The van der Waals surface area contributed by atoms with Crippen LogP contribution in [0.4, 0.5) is 0 Å². The van der Waals surface area contributed by atoms with Crippen LogP contribution in [0.5, 0.6) is 0 Å². The molecule has 2 atom stereocenters. The van der Waals surface area contributed by atoms with E-state index in [4.69, 9.17) is 4.43 Å². The molecule has 0 heterocycles. The third kappa shape index (κ3) is 3.89. The van der Waals surface area contributed by atoms with Crippen LogP contribution in [-0.2, 0) is 4.43 Å². The highest BCUT2D eigenvalue weighted by Crippen LogP contribution is 2.14. The predicted molar refractivity (Wildman–Crippen MR) is 50.1 cm³/mol. The first-order valence-corrected chi connectivity index (χ1v) is 6.48. The van der Waals surface area contributed by atoms with Crippen LogP contribution in [-0.4, -0.2) is 25.5 Å². The molecule has 0 amide bonds. The maximum Gasteiger partial charge on any atom is 0.205 e. The fourth-order valence-electron chi connectivity index (χ4n) is 0.842. The van der Waals surface area contributed by atoms with Gasteiger partial charge in [-0.25, -0.2) is 0 Å². The minimum atomic E-state index is -1.41. The van der Waals surface area contributed by atoms with Crippen molar-refractivity contribution in [2.24, 2.45) is 0 Å². The summed E-state index contributed by atoms with van der Waals surface area (Å²) < 4.78 is 5.59. The van der Waals surface area contributed by atoms with E-state index in [9.17, 15) is 5.11 Å². The Labute approximate surface area is 71.3 Å². The van der Waals surface area contributed by atoms with Crippen molar-refractivity contribution < 1.29 is 9.53 Å². The van der Waals surface area contributed by atoms with Crippen molar-refractivity contribution in [2.75, 3.05) is 0 Å². The number of aliphatic hydroxyl groups is 1. The smallest absolute Gasteiger partial charge is 0.205 e. The second-order valence-electron chi connectivity index (χ2n) is 3.54. The summed E-state index contributed by atoms with van der Waals surface area (Å²) in [5.74, 6) is 0. The van der Waals surface area contributed by atoms with Crippen molar-refractivity contribution >= 4 is 9.04 Å². The van der Waals surface area contributed by atoms with Crippen LogP contribution in [0, 0.1) is 0 Å². The van der Waals surface area contributed by atoms with Crippen molar-refractivity contribution in [2.45, 2.75) is 52.0 Å². The van der Waals surface area contributed by atoms with Gasteiger partial charge in [0, 0.05) is 6.10 Å². The molecule has 0 aromatic carbocycles. The molecule has 2 nitrogen and oxygen atoms in total. The van der Waals surface area contributed by atoms with Crippen LogP contribution in [0.15, 0.2) is 0 Å². The van der Waals surface area contributed by atoms with E-state index in [1.165, 1.54) is 0 Å². The third-order valence-corrected chi connectivity index (χ3v) is 5.18. The molecule has 0 aromatic heterocycles. The number of hydrogen-bond donors (Lipinski definition) is 1. The average Bonchev–Trinajstić information content (AvgIpc) is 1.86. The molecule has 2 unspecified atom stereocenters. The van der Waals surface area contributed by atoms with Gasteiger partial charge in [0.25, 0.3) is 0 Å². The average molecular weight is 176 g/mol. The molecule has 1 N–H and O–H groups in total. The molecule has 0 fully saturated rings. The van der Waals surface area contributed by atoms with E-state index in [0.29, 0.717) is 0 Å². The Balaban J connectivity index is 3.90. The van der Waals surface area contributed by atoms with E-state index in [1.807, 2.05) is 34.2 Å². The summed E-state index contributed by atoms with van der Waals surface area (Å²) in [6.45, 7) is 9.92. The SMILES string of the molecule is CCC(C)(O)[SiH](C)OC(C)C. The fraction of sp³-hybridized carbons (Fsp3) is 1.00. The van der Waals surface area contributed by atoms with Crippen LogP contribution >= 0.6 is 0 Å². The Bertz CT molecular complexity index is 113. The maximum atomic E-state index is 9.78. The Morgan fingerprint density at radius 3 is 2.27 bits per heavy atom. The van der Waals surface area contributed by atoms with Gasteiger partial charge in [-0.05, 0) is 33.7 Å². The van der Waals surface area contributed by atoms with Crippen molar-refractivity contribution in [3.8, 4) is 0 Å². The predicted octanol–water partition coefficient (Wildman–Crippen LogP) is 1.47. The highest BCUT2D eigenvalue weighted by Gasteiger charge is 2.29. The van der Waals surface area contributed by atoms with Gasteiger partial charge in [0.2, 0.25) is 9.04 Å². The van der Waals surface area contributed by atoms with Gasteiger partial charge in [0.1, 0.15) is 0 Å². The Kier molecular flexibility index (Phi) is 4.29. The van der Waals surface area contributed by atoms with Gasteiger partial charge in [0.15, 0.2) is 0 Å². The topological polar surface area (TPSA) is 29.5 Å². The molecule has 0 spiro atoms. The van der Waals surface area contributed by atoms with E-state index in [-0.39, 0.29) is 6.10 Å². The Morgan fingerprint density at radius 2 is 2.00 bits per heavy atom. The molecule has 0 aromatic rings. The van der Waals surface area contributed by atoms with Crippen LogP contribution in [0.25, 0.3) is 0 Å². The summed E-state index contributed by atoms with van der Waals surface area (Å²) in [7, 11) is -1.41. The second-order valence-corrected chi connectivity index (χ2v) is 6.34. The molecule has 3 heteroatoms. The molecule has 0 saturated carbocycles. The normalized spacial score (nSPS) is 19.9. The lowest BCUT2D eigenvalue weighted by Gasteiger charge is -2.28. The Morgan fingerprint density at radius 1 is 1.55 bits per heavy atom. The van der Waals surface area contributed by atoms with Gasteiger partial charge in [-0.1, -0.05) is 6.92 Å². The van der Waals surface area contributed by atoms with Crippen molar-refractivity contribution in [3.63, 3.8) is 0 Å². The molecule has 0 bridgehead atoms. The van der Waals surface area contributed by atoms with Crippen LogP contribution < -0.4 is 0 Å². The van der Waals surface area contributed by atoms with E-state index in [2.05, 4.69) is 0 Å². The van der Waals surface area contributed by atoms with Crippen LogP contribution in [0.2, 0.25) is 6.55 Å². The molecule has 0 rings (SSSR count). The van der Waals surface area contributed by atoms with Gasteiger partial charge in [0.05, 0.1) is 5.22 Å². The standard InChI is InChI=1S/C8H20O2Si/c1-6-8(4,9)11(5)10-7(2)3/h7,9,11H,6H2,1-5H3. The first-order valence-electron chi connectivity index (χ1n) is 4.28. The molecule has 0 aliphatic carbocycles. The Hall–Kier alpha value is 0.137. The zero-order valence-corrected chi connectivity index (χ0v) is 9.37. The summed E-state index contributed by atoms with van der Waals surface area (Å²) >= 11 is 0.